The van der Waals surface area contributed by atoms with Crippen molar-refractivity contribution < 1.29 is 14.1 Å². The molecule has 0 spiro atoms. The van der Waals surface area contributed by atoms with E-state index in [9.17, 15) is 4.79 Å². The third kappa shape index (κ3) is 5.26. The molecule has 156 valence electrons. The van der Waals surface area contributed by atoms with Gasteiger partial charge in [-0.15, -0.1) is 0 Å². The molecule has 1 heterocycles. The second kappa shape index (κ2) is 10.3. The summed E-state index contributed by atoms with van der Waals surface area (Å²) in [7, 11) is 0. The van der Waals surface area contributed by atoms with E-state index in [-0.39, 0.29) is 32.6 Å². The Morgan fingerprint density at radius 1 is 1.13 bits per heavy atom. The summed E-state index contributed by atoms with van der Waals surface area (Å²) in [6.07, 6.45) is 1.73. The van der Waals surface area contributed by atoms with Crippen molar-refractivity contribution in [3.05, 3.63) is 72.0 Å². The highest BCUT2D eigenvalue weighted by Crippen LogP contribution is 2.29. The van der Waals surface area contributed by atoms with E-state index < -0.39 is 0 Å². The number of nitrogens with one attached hydrogen (secondary N) is 1. The number of hydrogen-bond donors (Lipinski definition) is 1. The van der Waals surface area contributed by atoms with Crippen molar-refractivity contribution in [3.8, 4) is 23.1 Å². The lowest BCUT2D eigenvalue weighted by Gasteiger charge is -2.35. The molecular weight excluding hydrogens is 378 g/mol. The number of nitrogens with zero attached hydrogens (tertiary/aromatic N) is 2. The Morgan fingerprint density at radius 3 is 2.50 bits per heavy atom. The minimum Gasteiger partial charge on any atom is -0.493 e. The van der Waals surface area contributed by atoms with Crippen LogP contribution in [0.1, 0.15) is 43.8 Å². The first-order chi connectivity index (χ1) is 13.7. The highest BCUT2D eigenvalue weighted by molar-refractivity contribution is 5.92. The van der Waals surface area contributed by atoms with Gasteiger partial charge in [0.05, 0.1) is 18.2 Å². The van der Waals surface area contributed by atoms with E-state index in [0.717, 1.165) is 24.2 Å². The van der Waals surface area contributed by atoms with Gasteiger partial charge in [-0.3, -0.25) is 4.79 Å². The summed E-state index contributed by atoms with van der Waals surface area (Å²) in [5.41, 5.74) is 2.17. The zero-order valence-corrected chi connectivity index (χ0v) is 15.2. The molecule has 30 heavy (non-hydrogen) atoms. The van der Waals surface area contributed by atoms with Crippen molar-refractivity contribution in [1.82, 2.24) is 10.5 Å². The third-order valence-corrected chi connectivity index (χ3v) is 4.84. The van der Waals surface area contributed by atoms with Gasteiger partial charge in [-0.25, -0.2) is 0 Å². The van der Waals surface area contributed by atoms with Crippen LogP contribution < -0.4 is 10.1 Å². The molecule has 1 saturated carbocycles. The van der Waals surface area contributed by atoms with E-state index in [1.807, 2.05) is 30.3 Å². The predicted octanol–water partition coefficient (Wildman–Crippen LogP) is 5.07. The number of ether oxygens (including phenoxy) is 1. The molecule has 0 atom stereocenters. The zero-order chi connectivity index (χ0) is 19.3. The largest absolute Gasteiger partial charge is 0.493 e. The maximum absolute atomic E-state index is 12.3. The number of carbonyl (C=O) groups excluding carboxylic acids is 1. The number of carbonyl (C=O) groups is 1. The molecule has 1 aliphatic rings. The van der Waals surface area contributed by atoms with E-state index in [1.165, 1.54) is 0 Å². The summed E-state index contributed by atoms with van der Waals surface area (Å²) in [4.78, 5) is 12.3. The predicted molar refractivity (Wildman–Crippen MR) is 116 cm³/mol. The van der Waals surface area contributed by atoms with Crippen LogP contribution in [0.15, 0.2) is 65.2 Å². The minimum absolute atomic E-state index is 0. The zero-order valence-electron chi connectivity index (χ0n) is 15.2. The van der Waals surface area contributed by atoms with Gasteiger partial charge in [0, 0.05) is 17.7 Å². The molecule has 0 bridgehead atoms. The van der Waals surface area contributed by atoms with Crippen LogP contribution in [0.3, 0.4) is 0 Å². The molecule has 0 radical (unpaired) electrons. The number of hydrogen-bond acceptors (Lipinski definition) is 5. The number of benzene rings is 2. The summed E-state index contributed by atoms with van der Waals surface area (Å²) in [5, 5.41) is 15.8. The van der Waals surface area contributed by atoms with Crippen LogP contribution in [0.5, 0.6) is 5.75 Å². The fourth-order valence-corrected chi connectivity index (χ4v) is 3.21. The smallest absolute Gasteiger partial charge is 0.290 e. The number of aromatic nitrogens is 1. The lowest BCUT2D eigenvalue weighted by molar-refractivity contribution is 0.0815. The Labute approximate surface area is 177 Å². The van der Waals surface area contributed by atoms with Crippen LogP contribution in [0, 0.1) is 17.2 Å². The molecule has 1 N–H and O–H groups in total. The molecule has 2 aromatic carbocycles. The van der Waals surface area contributed by atoms with Crippen molar-refractivity contribution in [2.75, 3.05) is 6.61 Å². The molecule has 0 aliphatic heterocycles. The summed E-state index contributed by atoms with van der Waals surface area (Å²) < 4.78 is 10.9. The summed E-state index contributed by atoms with van der Waals surface area (Å²) in [6, 6.07) is 20.5. The van der Waals surface area contributed by atoms with Crippen molar-refractivity contribution >= 4 is 5.91 Å². The Bertz CT molecular complexity index is 985. The van der Waals surface area contributed by atoms with Gasteiger partial charge in [0.15, 0.2) is 0 Å². The van der Waals surface area contributed by atoms with Crippen LogP contribution in [0.25, 0.3) is 11.3 Å². The second-order valence-electron chi connectivity index (χ2n) is 6.90. The molecule has 4 rings (SSSR count). The van der Waals surface area contributed by atoms with Crippen molar-refractivity contribution in [2.45, 2.75) is 33.7 Å². The fourth-order valence-electron chi connectivity index (χ4n) is 3.21. The van der Waals surface area contributed by atoms with Crippen molar-refractivity contribution in [2.24, 2.45) is 5.92 Å². The minimum atomic E-state index is -0.244. The number of nitriles is 1. The Morgan fingerprint density at radius 2 is 1.83 bits per heavy atom. The van der Waals surface area contributed by atoms with Crippen LogP contribution in [0.2, 0.25) is 0 Å². The molecule has 0 unspecified atom stereocenters. The van der Waals surface area contributed by atoms with Crippen LogP contribution >= 0.6 is 0 Å². The van der Waals surface area contributed by atoms with E-state index in [2.05, 4.69) is 16.5 Å². The van der Waals surface area contributed by atoms with Gasteiger partial charge in [0.2, 0.25) is 5.76 Å². The van der Waals surface area contributed by atoms with E-state index >= 15 is 0 Å². The lowest BCUT2D eigenvalue weighted by Crippen LogP contribution is -2.45. The summed E-state index contributed by atoms with van der Waals surface area (Å²) in [6.45, 7) is 0.596. The first-order valence-corrected chi connectivity index (χ1v) is 9.17. The van der Waals surface area contributed by atoms with Gasteiger partial charge >= 0.3 is 0 Å². The highest BCUT2D eigenvalue weighted by Gasteiger charge is 2.31. The lowest BCUT2D eigenvalue weighted by atomic mass is 9.81. The maximum atomic E-state index is 12.3. The van der Waals surface area contributed by atoms with Crippen LogP contribution in [0.4, 0.5) is 0 Å². The molecule has 0 saturated heterocycles. The molecular formula is C24H27N3O3. The number of rotatable bonds is 6. The highest BCUT2D eigenvalue weighted by atomic mass is 16.5. The molecule has 3 aromatic rings. The molecule has 6 nitrogen and oxygen atoms in total. The van der Waals surface area contributed by atoms with E-state index in [0.29, 0.717) is 23.8 Å². The second-order valence-corrected chi connectivity index (χ2v) is 6.90. The molecule has 1 aliphatic carbocycles. The van der Waals surface area contributed by atoms with Crippen molar-refractivity contribution in [1.29, 1.82) is 5.26 Å². The normalized spacial score (nSPS) is 16.8. The number of amides is 1. The molecule has 1 fully saturated rings. The first kappa shape index (κ1) is 22.7. The Balaban J connectivity index is 0.00000160. The molecule has 1 amide bonds. The topological polar surface area (TPSA) is 88.1 Å². The van der Waals surface area contributed by atoms with Gasteiger partial charge in [0.1, 0.15) is 11.4 Å². The molecule has 6 heteroatoms. The average molecular weight is 405 g/mol. The standard InChI is InChI=1S/C22H19N3O3.2CH4/c23-13-15-6-8-19(9-7-15)27-14-16-10-18(11-16)24-22(26)21-12-20(25-28-21)17-4-2-1-3-5-17;;/h1-9,12,16,18H,10-11,14H2,(H,24,26);2*1H4. The van der Waals surface area contributed by atoms with Gasteiger partial charge in [-0.1, -0.05) is 50.3 Å². The third-order valence-electron chi connectivity index (χ3n) is 4.84. The van der Waals surface area contributed by atoms with Crippen molar-refractivity contribution in [3.63, 3.8) is 0 Å². The maximum Gasteiger partial charge on any atom is 0.290 e. The van der Waals surface area contributed by atoms with Gasteiger partial charge < -0.3 is 14.6 Å². The summed E-state index contributed by atoms with van der Waals surface area (Å²) >= 11 is 0. The first-order valence-electron chi connectivity index (χ1n) is 9.17. The Hall–Kier alpha value is -3.59. The quantitative estimate of drug-likeness (QED) is 0.618. The van der Waals surface area contributed by atoms with Crippen LogP contribution in [-0.2, 0) is 0 Å². The van der Waals surface area contributed by atoms with Gasteiger partial charge in [-0.05, 0) is 43.0 Å². The van der Waals surface area contributed by atoms with Crippen LogP contribution in [-0.4, -0.2) is 23.7 Å². The van der Waals surface area contributed by atoms with Gasteiger partial charge in [-0.2, -0.15) is 5.26 Å². The van der Waals surface area contributed by atoms with E-state index in [4.69, 9.17) is 14.5 Å². The summed E-state index contributed by atoms with van der Waals surface area (Å²) in [5.74, 6) is 1.12. The monoisotopic (exact) mass is 405 g/mol. The molecule has 1 aromatic heterocycles. The average Bonchev–Trinajstić information content (AvgIpc) is 3.21. The Kier molecular flexibility index (Phi) is 7.76. The SMILES string of the molecule is C.C.N#Cc1ccc(OCC2CC(NC(=O)c3cc(-c4ccccc4)no3)C2)cc1. The van der Waals surface area contributed by atoms with E-state index in [1.54, 1.807) is 30.3 Å². The van der Waals surface area contributed by atoms with Gasteiger partial charge in [0.25, 0.3) is 5.91 Å². The fraction of sp³-hybridized carbons (Fsp3) is 0.292.